The summed E-state index contributed by atoms with van der Waals surface area (Å²) in [5.74, 6) is -0.137. The molecule has 4 saturated carbocycles. The van der Waals surface area contributed by atoms with Crippen molar-refractivity contribution < 1.29 is 19.1 Å². The molecule has 36 heavy (non-hydrogen) atoms. The second-order valence-corrected chi connectivity index (χ2v) is 13.2. The minimum atomic E-state index is -0.626. The first-order chi connectivity index (χ1) is 16.7. The van der Waals surface area contributed by atoms with Crippen molar-refractivity contribution in [2.24, 2.45) is 5.92 Å². The molecule has 0 radical (unpaired) electrons. The minimum absolute atomic E-state index is 0.103. The highest BCUT2D eigenvalue weighted by Gasteiger charge is 2.69. The molecule has 8 nitrogen and oxygen atoms in total. The van der Waals surface area contributed by atoms with Crippen LogP contribution in [0.25, 0.3) is 0 Å². The molecular weight excluding hydrogens is 456 g/mol. The van der Waals surface area contributed by atoms with E-state index >= 15 is 0 Å². The molecule has 8 heteroatoms. The maximum Gasteiger partial charge on any atom is 0.408 e. The van der Waals surface area contributed by atoms with Crippen LogP contribution in [0.1, 0.15) is 109 Å². The molecule has 2 bridgehead atoms. The van der Waals surface area contributed by atoms with Gasteiger partial charge < -0.3 is 20.7 Å². The molecule has 0 saturated heterocycles. The van der Waals surface area contributed by atoms with Crippen LogP contribution in [0.15, 0.2) is 18.3 Å². The van der Waals surface area contributed by atoms with Crippen LogP contribution in [-0.4, -0.2) is 45.6 Å². The van der Waals surface area contributed by atoms with Crippen molar-refractivity contribution in [3.8, 4) is 0 Å². The highest BCUT2D eigenvalue weighted by molar-refractivity contribution is 5.95. The maximum absolute atomic E-state index is 13.4. The number of nitrogens with one attached hydrogen (secondary N) is 3. The van der Waals surface area contributed by atoms with Gasteiger partial charge in [0.1, 0.15) is 11.6 Å². The number of hydrogen-bond donors (Lipinski definition) is 3. The van der Waals surface area contributed by atoms with E-state index in [1.54, 1.807) is 12.3 Å². The summed E-state index contributed by atoms with van der Waals surface area (Å²) >= 11 is 0. The number of nitrogens with zero attached hydrogens (tertiary/aromatic N) is 1. The Morgan fingerprint density at radius 3 is 2.17 bits per heavy atom. The number of carbonyl (C=O) groups is 3. The average molecular weight is 499 g/mol. The van der Waals surface area contributed by atoms with Crippen molar-refractivity contribution in [3.63, 3.8) is 0 Å². The molecule has 3 amide bonds. The largest absolute Gasteiger partial charge is 0.444 e. The first kappa shape index (κ1) is 26.4. The van der Waals surface area contributed by atoms with Crippen LogP contribution < -0.4 is 16.0 Å². The Balaban J connectivity index is 1.35. The highest BCUT2D eigenvalue weighted by atomic mass is 16.6. The van der Waals surface area contributed by atoms with Gasteiger partial charge in [-0.1, -0.05) is 40.0 Å². The number of pyridine rings is 1. The molecular formula is C28H42N4O4. The minimum Gasteiger partial charge on any atom is -0.444 e. The van der Waals surface area contributed by atoms with Gasteiger partial charge in [0.15, 0.2) is 0 Å². The summed E-state index contributed by atoms with van der Waals surface area (Å²) in [6, 6.07) is 2.99. The van der Waals surface area contributed by atoms with Gasteiger partial charge in [0.25, 0.3) is 5.91 Å². The molecule has 1 atom stereocenters. The lowest BCUT2D eigenvalue weighted by Gasteiger charge is -2.70. The predicted octanol–water partition coefficient (Wildman–Crippen LogP) is 4.37. The molecule has 4 aliphatic carbocycles. The molecule has 1 heterocycles. The summed E-state index contributed by atoms with van der Waals surface area (Å²) in [5.41, 5.74) is 0.150. The predicted molar refractivity (Wildman–Crippen MR) is 138 cm³/mol. The Morgan fingerprint density at radius 2 is 1.58 bits per heavy atom. The van der Waals surface area contributed by atoms with Crippen LogP contribution in [-0.2, 0) is 14.9 Å². The van der Waals surface area contributed by atoms with Gasteiger partial charge in [-0.05, 0) is 70.9 Å². The van der Waals surface area contributed by atoms with E-state index in [9.17, 15) is 14.4 Å². The lowest BCUT2D eigenvalue weighted by Crippen LogP contribution is -2.84. The zero-order chi connectivity index (χ0) is 26.4. The summed E-state index contributed by atoms with van der Waals surface area (Å²) in [4.78, 5) is 43.2. The molecule has 198 valence electrons. The molecule has 4 aliphatic rings. The Kier molecular flexibility index (Phi) is 6.86. The SMILES string of the molecule is CC(C)(C)OC(=O)N[C@H](C(=O)NC12CC(NC(=O)c3ccnc(C(C)(C)C)c3)(C1)C2)C1CCCCC1. The van der Waals surface area contributed by atoms with Crippen molar-refractivity contribution in [1.82, 2.24) is 20.9 Å². The number of rotatable bonds is 6. The van der Waals surface area contributed by atoms with Crippen molar-refractivity contribution in [2.75, 3.05) is 0 Å². The molecule has 0 unspecified atom stereocenters. The summed E-state index contributed by atoms with van der Waals surface area (Å²) in [7, 11) is 0. The third-order valence-electron chi connectivity index (χ3n) is 7.66. The van der Waals surface area contributed by atoms with Crippen LogP contribution in [0.5, 0.6) is 0 Å². The highest BCUT2D eigenvalue weighted by Crippen LogP contribution is 2.60. The van der Waals surface area contributed by atoms with Crippen LogP contribution in [0, 0.1) is 5.92 Å². The second-order valence-electron chi connectivity index (χ2n) is 13.2. The van der Waals surface area contributed by atoms with Crippen LogP contribution in [0.3, 0.4) is 0 Å². The first-order valence-electron chi connectivity index (χ1n) is 13.3. The summed E-state index contributed by atoms with van der Waals surface area (Å²) < 4.78 is 5.44. The maximum atomic E-state index is 13.4. The fraction of sp³-hybridized carbons (Fsp3) is 0.714. The summed E-state index contributed by atoms with van der Waals surface area (Å²) in [6.07, 6.45) is 8.39. The smallest absolute Gasteiger partial charge is 0.408 e. The van der Waals surface area contributed by atoms with Gasteiger partial charge in [0.2, 0.25) is 5.91 Å². The van der Waals surface area contributed by atoms with E-state index in [0.29, 0.717) is 24.8 Å². The fourth-order valence-corrected chi connectivity index (χ4v) is 5.99. The molecule has 1 aromatic heterocycles. The number of ether oxygens (including phenoxy) is 1. The van der Waals surface area contributed by atoms with Gasteiger partial charge in [-0.3, -0.25) is 14.6 Å². The van der Waals surface area contributed by atoms with Crippen molar-refractivity contribution in [2.45, 2.75) is 121 Å². The normalized spacial score (nSPS) is 26.6. The molecule has 0 aromatic carbocycles. The van der Waals surface area contributed by atoms with Gasteiger partial charge in [0, 0.05) is 33.9 Å². The van der Waals surface area contributed by atoms with Crippen molar-refractivity contribution in [1.29, 1.82) is 0 Å². The number of amides is 3. The third-order valence-corrected chi connectivity index (χ3v) is 7.66. The Morgan fingerprint density at radius 1 is 0.972 bits per heavy atom. The quantitative estimate of drug-likeness (QED) is 0.539. The molecule has 3 N–H and O–H groups in total. The first-order valence-corrected chi connectivity index (χ1v) is 13.3. The number of carbonyl (C=O) groups excluding carboxylic acids is 3. The van der Waals surface area contributed by atoms with Crippen LogP contribution in [0.2, 0.25) is 0 Å². The molecule has 0 spiro atoms. The van der Waals surface area contributed by atoms with E-state index in [4.69, 9.17) is 4.74 Å². The van der Waals surface area contributed by atoms with E-state index in [0.717, 1.165) is 37.8 Å². The van der Waals surface area contributed by atoms with Gasteiger partial charge in [0.05, 0.1) is 0 Å². The van der Waals surface area contributed by atoms with E-state index in [-0.39, 0.29) is 34.2 Å². The second kappa shape index (κ2) is 9.34. The Bertz CT molecular complexity index is 997. The lowest BCUT2D eigenvalue weighted by molar-refractivity contribution is -0.142. The van der Waals surface area contributed by atoms with Crippen LogP contribution >= 0.6 is 0 Å². The van der Waals surface area contributed by atoms with Gasteiger partial charge in [-0.2, -0.15) is 0 Å². The number of alkyl carbamates (subject to hydrolysis) is 1. The van der Waals surface area contributed by atoms with Crippen molar-refractivity contribution in [3.05, 3.63) is 29.6 Å². The van der Waals surface area contributed by atoms with E-state index < -0.39 is 17.7 Å². The zero-order valence-corrected chi connectivity index (χ0v) is 22.6. The summed E-state index contributed by atoms with van der Waals surface area (Å²) in [6.45, 7) is 11.7. The number of aromatic nitrogens is 1. The molecule has 4 fully saturated rings. The molecule has 5 rings (SSSR count). The average Bonchev–Trinajstić information content (AvgIpc) is 2.74. The molecule has 1 aromatic rings. The third kappa shape index (κ3) is 5.84. The van der Waals surface area contributed by atoms with Crippen molar-refractivity contribution >= 4 is 17.9 Å². The monoisotopic (exact) mass is 498 g/mol. The van der Waals surface area contributed by atoms with E-state index in [2.05, 4.69) is 41.7 Å². The zero-order valence-electron chi connectivity index (χ0n) is 22.6. The van der Waals surface area contributed by atoms with E-state index in [1.807, 2.05) is 26.8 Å². The van der Waals surface area contributed by atoms with Gasteiger partial charge in [-0.25, -0.2) is 4.79 Å². The Hall–Kier alpha value is -2.64. The Labute approximate surface area is 214 Å². The number of hydrogen-bond acceptors (Lipinski definition) is 5. The van der Waals surface area contributed by atoms with Gasteiger partial charge in [-0.15, -0.1) is 0 Å². The molecule has 0 aliphatic heterocycles. The fourth-order valence-electron chi connectivity index (χ4n) is 5.99. The topological polar surface area (TPSA) is 109 Å². The summed E-state index contributed by atoms with van der Waals surface area (Å²) in [5, 5.41) is 9.28. The standard InChI is InChI=1S/C28H42N4O4/c1-25(2,3)20-14-19(12-13-29-20)22(33)31-27-15-28(16-27,17-27)32-23(34)21(18-10-8-7-9-11-18)30-24(35)36-26(4,5)6/h12-14,18,21H,7-11,15-17H2,1-6H3,(H,30,35)(H,31,33)(H,32,34)/t21-,27?,28?/m0/s1. The van der Waals surface area contributed by atoms with E-state index in [1.165, 1.54) is 0 Å². The lowest BCUT2D eigenvalue weighted by atomic mass is 9.44. The van der Waals surface area contributed by atoms with Crippen LogP contribution in [0.4, 0.5) is 4.79 Å². The van der Waals surface area contributed by atoms with Gasteiger partial charge >= 0.3 is 6.09 Å².